The number of hydrogen-bond acceptors (Lipinski definition) is 2. The molecular weight excluding hydrogens is 214 g/mol. The van der Waals surface area contributed by atoms with E-state index in [9.17, 15) is 4.79 Å². The number of para-hydroxylation sites is 1. The molecule has 2 aromatic rings. The van der Waals surface area contributed by atoms with E-state index in [1.54, 1.807) is 12.3 Å². The number of hydrogen-bond donors (Lipinski definition) is 2. The summed E-state index contributed by atoms with van der Waals surface area (Å²) in [6.45, 7) is 0. The lowest BCUT2D eigenvalue weighted by Crippen LogP contribution is -2.19. The highest BCUT2D eigenvalue weighted by Gasteiger charge is 2.01. The van der Waals surface area contributed by atoms with Gasteiger partial charge in [0.05, 0.1) is 11.2 Å². The number of fused-ring (bicyclic) bond motifs is 1. The van der Waals surface area contributed by atoms with E-state index in [1.165, 1.54) is 0 Å². The molecule has 0 aliphatic heterocycles. The summed E-state index contributed by atoms with van der Waals surface area (Å²) in [7, 11) is 0. The summed E-state index contributed by atoms with van der Waals surface area (Å²) in [5, 5.41) is 3.43. The Morgan fingerprint density at radius 2 is 2.00 bits per heavy atom. The van der Waals surface area contributed by atoms with Gasteiger partial charge < -0.3 is 11.1 Å². The third-order valence-corrected chi connectivity index (χ3v) is 1.91. The average Bonchev–Trinajstić information content (AvgIpc) is 2.18. The van der Waals surface area contributed by atoms with Crippen LogP contribution < -0.4 is 11.1 Å². The van der Waals surface area contributed by atoms with Crippen LogP contribution in [0.1, 0.15) is 0 Å². The minimum absolute atomic E-state index is 0. The van der Waals surface area contributed by atoms with Crippen LogP contribution in [0.15, 0.2) is 36.5 Å². The number of urea groups is 1. The normalized spacial score (nSPS) is 9.33. The number of nitrogens with one attached hydrogen (secondary N) is 1. The largest absolute Gasteiger partial charge is 0.351 e. The first kappa shape index (κ1) is 11.3. The molecule has 4 nitrogen and oxygen atoms in total. The second kappa shape index (κ2) is 4.61. The Balaban J connectivity index is 0.00000112. The molecule has 2 rings (SSSR count). The zero-order valence-electron chi connectivity index (χ0n) is 7.81. The van der Waals surface area contributed by atoms with E-state index >= 15 is 0 Å². The summed E-state index contributed by atoms with van der Waals surface area (Å²) >= 11 is 0. The van der Waals surface area contributed by atoms with Crippen LogP contribution in [0.2, 0.25) is 0 Å². The Hall–Kier alpha value is -1.81. The molecule has 0 unspecified atom stereocenters. The summed E-state index contributed by atoms with van der Waals surface area (Å²) in [6, 6.07) is 8.68. The van der Waals surface area contributed by atoms with Crippen molar-refractivity contribution in [1.82, 2.24) is 4.98 Å². The van der Waals surface area contributed by atoms with Crippen LogP contribution in [0.3, 0.4) is 0 Å². The fraction of sp³-hybridized carbons (Fsp3) is 0. The van der Waals surface area contributed by atoms with Crippen molar-refractivity contribution in [1.29, 1.82) is 0 Å². The summed E-state index contributed by atoms with van der Waals surface area (Å²) < 4.78 is 0. The Kier molecular flexibility index (Phi) is 3.46. The lowest BCUT2D eigenvalue weighted by atomic mass is 10.2. The first-order chi connectivity index (χ1) is 6.77. The van der Waals surface area contributed by atoms with Crippen molar-refractivity contribution >= 4 is 35.0 Å². The molecule has 0 fully saturated rings. The standard InChI is InChI=1S/C10H9N3O.ClH/c11-10(14)13-9-5-6-12-8-4-2-1-3-7(8)9;/h1-6H,(H3,11,12,13,14);1H. The smallest absolute Gasteiger partial charge is 0.316 e. The molecule has 0 saturated carbocycles. The quantitative estimate of drug-likeness (QED) is 0.778. The van der Waals surface area contributed by atoms with Gasteiger partial charge >= 0.3 is 6.03 Å². The van der Waals surface area contributed by atoms with Gasteiger partial charge in [0.15, 0.2) is 0 Å². The average molecular weight is 224 g/mol. The molecule has 0 spiro atoms. The van der Waals surface area contributed by atoms with Gasteiger partial charge in [0.1, 0.15) is 0 Å². The number of carbonyl (C=O) groups excluding carboxylic acids is 1. The first-order valence-electron chi connectivity index (χ1n) is 4.17. The highest BCUT2D eigenvalue weighted by atomic mass is 35.5. The monoisotopic (exact) mass is 223 g/mol. The third-order valence-electron chi connectivity index (χ3n) is 1.91. The summed E-state index contributed by atoms with van der Waals surface area (Å²) in [5.41, 5.74) is 6.56. The molecule has 2 amide bonds. The van der Waals surface area contributed by atoms with Crippen molar-refractivity contribution in [3.8, 4) is 0 Å². The number of pyridine rings is 1. The summed E-state index contributed by atoms with van der Waals surface area (Å²) in [6.07, 6.45) is 1.63. The minimum atomic E-state index is -0.568. The van der Waals surface area contributed by atoms with E-state index in [0.717, 1.165) is 10.9 Å². The van der Waals surface area contributed by atoms with Gasteiger partial charge in [0.25, 0.3) is 0 Å². The maximum absolute atomic E-state index is 10.7. The van der Waals surface area contributed by atoms with E-state index in [-0.39, 0.29) is 12.4 Å². The summed E-state index contributed by atoms with van der Waals surface area (Å²) in [4.78, 5) is 14.9. The molecule has 0 bridgehead atoms. The van der Waals surface area contributed by atoms with Crippen LogP contribution in [0.25, 0.3) is 10.9 Å². The van der Waals surface area contributed by atoms with Gasteiger partial charge in [-0.2, -0.15) is 0 Å². The van der Waals surface area contributed by atoms with E-state index in [0.29, 0.717) is 5.69 Å². The van der Waals surface area contributed by atoms with E-state index in [2.05, 4.69) is 10.3 Å². The third kappa shape index (κ3) is 2.35. The second-order valence-electron chi connectivity index (χ2n) is 2.86. The van der Waals surface area contributed by atoms with E-state index in [1.807, 2.05) is 24.3 Å². The molecule has 0 radical (unpaired) electrons. The molecule has 3 N–H and O–H groups in total. The molecule has 0 atom stereocenters. The SMILES string of the molecule is Cl.NC(=O)Nc1ccnc2ccccc12. The van der Waals surface area contributed by atoms with Gasteiger partial charge in [-0.3, -0.25) is 4.98 Å². The zero-order chi connectivity index (χ0) is 9.97. The van der Waals surface area contributed by atoms with Gasteiger partial charge in [-0.1, -0.05) is 18.2 Å². The molecule has 1 heterocycles. The molecule has 78 valence electrons. The fourth-order valence-electron chi connectivity index (χ4n) is 1.34. The van der Waals surface area contributed by atoms with Crippen molar-refractivity contribution < 1.29 is 4.79 Å². The molecule has 15 heavy (non-hydrogen) atoms. The Morgan fingerprint density at radius 1 is 1.27 bits per heavy atom. The van der Waals surface area contributed by atoms with E-state index < -0.39 is 6.03 Å². The molecule has 5 heteroatoms. The van der Waals surface area contributed by atoms with Gasteiger partial charge in [-0.15, -0.1) is 12.4 Å². The Morgan fingerprint density at radius 3 is 2.73 bits per heavy atom. The van der Waals surface area contributed by atoms with Gasteiger partial charge in [-0.25, -0.2) is 4.79 Å². The van der Waals surface area contributed by atoms with Crippen LogP contribution in [0.4, 0.5) is 10.5 Å². The number of amides is 2. The van der Waals surface area contributed by atoms with E-state index in [4.69, 9.17) is 5.73 Å². The van der Waals surface area contributed by atoms with Crippen LogP contribution >= 0.6 is 12.4 Å². The Bertz CT molecular complexity index is 482. The second-order valence-corrected chi connectivity index (χ2v) is 2.86. The Labute approximate surface area is 92.9 Å². The maximum Gasteiger partial charge on any atom is 0.316 e. The highest BCUT2D eigenvalue weighted by Crippen LogP contribution is 2.20. The maximum atomic E-state index is 10.7. The predicted octanol–water partition coefficient (Wildman–Crippen LogP) is 2.15. The van der Waals surface area contributed by atoms with Crippen molar-refractivity contribution in [3.05, 3.63) is 36.5 Å². The summed E-state index contributed by atoms with van der Waals surface area (Å²) in [5.74, 6) is 0. The number of anilines is 1. The van der Waals surface area contributed by atoms with Crippen molar-refractivity contribution in [2.24, 2.45) is 5.73 Å². The number of primary amides is 1. The van der Waals surface area contributed by atoms with Crippen molar-refractivity contribution in [3.63, 3.8) is 0 Å². The van der Waals surface area contributed by atoms with Crippen LogP contribution in [-0.4, -0.2) is 11.0 Å². The number of halogens is 1. The molecule has 0 aliphatic carbocycles. The predicted molar refractivity (Wildman–Crippen MR) is 62.2 cm³/mol. The molecule has 0 saturated heterocycles. The number of nitrogens with zero attached hydrogens (tertiary/aromatic N) is 1. The highest BCUT2D eigenvalue weighted by molar-refractivity contribution is 5.99. The molecule has 0 aliphatic rings. The fourth-order valence-corrected chi connectivity index (χ4v) is 1.34. The number of rotatable bonds is 1. The van der Waals surface area contributed by atoms with Gasteiger partial charge in [0, 0.05) is 11.6 Å². The van der Waals surface area contributed by atoms with Crippen molar-refractivity contribution in [2.75, 3.05) is 5.32 Å². The topological polar surface area (TPSA) is 68.0 Å². The molecule has 1 aromatic carbocycles. The molecule has 1 aromatic heterocycles. The van der Waals surface area contributed by atoms with Gasteiger partial charge in [0.2, 0.25) is 0 Å². The first-order valence-corrected chi connectivity index (χ1v) is 4.17. The van der Waals surface area contributed by atoms with Crippen LogP contribution in [0, 0.1) is 0 Å². The zero-order valence-corrected chi connectivity index (χ0v) is 8.62. The minimum Gasteiger partial charge on any atom is -0.351 e. The van der Waals surface area contributed by atoms with Crippen LogP contribution in [-0.2, 0) is 0 Å². The number of benzene rings is 1. The van der Waals surface area contributed by atoms with Crippen molar-refractivity contribution in [2.45, 2.75) is 0 Å². The lowest BCUT2D eigenvalue weighted by Gasteiger charge is -2.04. The number of carbonyl (C=O) groups is 1. The van der Waals surface area contributed by atoms with Gasteiger partial charge in [-0.05, 0) is 12.1 Å². The lowest BCUT2D eigenvalue weighted by molar-refractivity contribution is 0.259. The number of nitrogens with two attached hydrogens (primary N) is 1. The number of aromatic nitrogens is 1. The molecular formula is C10H10ClN3O. The van der Waals surface area contributed by atoms with Crippen LogP contribution in [0.5, 0.6) is 0 Å².